The Morgan fingerprint density at radius 1 is 1.19 bits per heavy atom. The van der Waals surface area contributed by atoms with Gasteiger partial charge in [0, 0.05) is 18.0 Å². The molecule has 0 aromatic heterocycles. The molecule has 0 aliphatic heterocycles. The van der Waals surface area contributed by atoms with Gasteiger partial charge >= 0.3 is 5.97 Å². The van der Waals surface area contributed by atoms with E-state index >= 15 is 0 Å². The maximum atomic E-state index is 12.9. The summed E-state index contributed by atoms with van der Waals surface area (Å²) in [5.41, 5.74) is 2.65. The summed E-state index contributed by atoms with van der Waals surface area (Å²) < 4.78 is 10.3. The van der Waals surface area contributed by atoms with Crippen molar-refractivity contribution in [3.05, 3.63) is 41.1 Å². The fourth-order valence-electron chi connectivity index (χ4n) is 4.46. The van der Waals surface area contributed by atoms with Crippen molar-refractivity contribution in [2.24, 2.45) is 17.3 Å². The number of nitrogens with zero attached hydrogens (tertiary/aromatic N) is 1. The smallest absolute Gasteiger partial charge is 0.335 e. The molecule has 0 unspecified atom stereocenters. The monoisotopic (exact) mass is 371 g/mol. The molecule has 5 heteroatoms. The molecule has 1 aromatic carbocycles. The normalized spacial score (nSPS) is 22.7. The number of allylic oxidation sites excluding steroid dienone is 1. The van der Waals surface area contributed by atoms with E-state index in [0.29, 0.717) is 30.9 Å². The van der Waals surface area contributed by atoms with Crippen molar-refractivity contribution >= 4 is 11.9 Å². The van der Waals surface area contributed by atoms with E-state index in [9.17, 15) is 9.59 Å². The highest BCUT2D eigenvalue weighted by molar-refractivity contribution is 5.91. The average molecular weight is 371 g/mol. The molecule has 1 aromatic rings. The summed E-state index contributed by atoms with van der Waals surface area (Å²) in [6, 6.07) is 7.71. The lowest BCUT2D eigenvalue weighted by atomic mass is 9.48. The molecule has 146 valence electrons. The van der Waals surface area contributed by atoms with Gasteiger partial charge in [0.25, 0.3) is 0 Å². The van der Waals surface area contributed by atoms with Crippen molar-refractivity contribution in [1.29, 1.82) is 0 Å². The van der Waals surface area contributed by atoms with Crippen LogP contribution in [-0.4, -0.2) is 31.0 Å². The van der Waals surface area contributed by atoms with Gasteiger partial charge in [-0.1, -0.05) is 32.9 Å². The molecule has 3 aliphatic rings. The van der Waals surface area contributed by atoms with Crippen LogP contribution in [0.5, 0.6) is 5.75 Å². The van der Waals surface area contributed by atoms with E-state index in [1.54, 1.807) is 7.11 Å². The van der Waals surface area contributed by atoms with Gasteiger partial charge in [-0.2, -0.15) is 0 Å². The van der Waals surface area contributed by atoms with Gasteiger partial charge in [0.15, 0.2) is 0 Å². The number of amides is 1. The molecule has 2 bridgehead atoms. The van der Waals surface area contributed by atoms with Crippen molar-refractivity contribution in [2.75, 3.05) is 14.2 Å². The van der Waals surface area contributed by atoms with Gasteiger partial charge < -0.3 is 14.4 Å². The van der Waals surface area contributed by atoms with Gasteiger partial charge in [-0.25, -0.2) is 4.79 Å². The minimum absolute atomic E-state index is 0.0309. The highest BCUT2D eigenvalue weighted by Crippen LogP contribution is 2.61. The minimum Gasteiger partial charge on any atom is -0.497 e. The van der Waals surface area contributed by atoms with Crippen LogP contribution >= 0.6 is 0 Å². The molecule has 0 N–H and O–H groups in total. The number of hydrogen-bond acceptors (Lipinski definition) is 4. The molecule has 1 fully saturated rings. The number of ether oxygens (including phenoxy) is 2. The van der Waals surface area contributed by atoms with Gasteiger partial charge in [-0.05, 0) is 41.9 Å². The zero-order valence-electron chi connectivity index (χ0n) is 16.9. The average Bonchev–Trinajstić information content (AvgIpc) is 2.70. The SMILES string of the molecule is CCC(=O)N(Cc1ccc(OC)cc1)C1=C(C(=O)OC)C[C@H]2C[C@@H]1C2(C)C. The number of fused-ring (bicyclic) bond motifs is 1. The first-order valence-electron chi connectivity index (χ1n) is 9.58. The third-order valence-electron chi connectivity index (χ3n) is 6.39. The second-order valence-corrected chi connectivity index (χ2v) is 8.05. The Morgan fingerprint density at radius 3 is 2.37 bits per heavy atom. The van der Waals surface area contributed by atoms with Crippen LogP contribution in [0.25, 0.3) is 0 Å². The fourth-order valence-corrected chi connectivity index (χ4v) is 4.46. The quantitative estimate of drug-likeness (QED) is 0.711. The molecule has 1 amide bonds. The fraction of sp³-hybridized carbons (Fsp3) is 0.545. The van der Waals surface area contributed by atoms with Crippen LogP contribution in [0.4, 0.5) is 0 Å². The molecule has 4 rings (SSSR count). The van der Waals surface area contributed by atoms with E-state index in [1.807, 2.05) is 36.1 Å². The van der Waals surface area contributed by atoms with Crippen molar-refractivity contribution in [2.45, 2.75) is 46.6 Å². The van der Waals surface area contributed by atoms with Crippen LogP contribution in [0.15, 0.2) is 35.5 Å². The first-order valence-corrected chi connectivity index (χ1v) is 9.58. The van der Waals surface area contributed by atoms with Gasteiger partial charge in [0.1, 0.15) is 5.75 Å². The number of esters is 1. The standard InChI is InChI=1S/C22H29NO4/c1-6-19(24)23(13-14-7-9-16(26-4)10-8-14)20-17(21(25)27-5)11-15-12-18(20)22(15,2)3/h7-10,15,18H,6,11-13H2,1-5H3/t15-,18-/m0/s1. The summed E-state index contributed by atoms with van der Waals surface area (Å²) in [5, 5.41) is 0. The summed E-state index contributed by atoms with van der Waals surface area (Å²) in [6.45, 7) is 6.78. The summed E-state index contributed by atoms with van der Waals surface area (Å²) in [4.78, 5) is 27.2. The first kappa shape index (κ1) is 19.5. The Morgan fingerprint density at radius 2 is 1.85 bits per heavy atom. The number of benzene rings is 1. The lowest BCUT2D eigenvalue weighted by Gasteiger charge is -2.58. The zero-order chi connectivity index (χ0) is 19.8. The summed E-state index contributed by atoms with van der Waals surface area (Å²) in [7, 11) is 3.04. The molecule has 2 atom stereocenters. The van der Waals surface area contributed by atoms with Crippen molar-refractivity contribution in [3.63, 3.8) is 0 Å². The highest BCUT2D eigenvalue weighted by atomic mass is 16.5. The molecule has 27 heavy (non-hydrogen) atoms. The van der Waals surface area contributed by atoms with E-state index in [0.717, 1.165) is 23.4 Å². The van der Waals surface area contributed by atoms with E-state index in [4.69, 9.17) is 9.47 Å². The predicted octanol–water partition coefficient (Wildman–Crippen LogP) is 3.93. The molecule has 0 heterocycles. The third kappa shape index (κ3) is 3.35. The number of hydrogen-bond donors (Lipinski definition) is 0. The summed E-state index contributed by atoms with van der Waals surface area (Å²) in [6.07, 6.45) is 2.10. The Hall–Kier alpha value is -2.30. The summed E-state index contributed by atoms with van der Waals surface area (Å²) in [5.74, 6) is 1.18. The zero-order valence-corrected chi connectivity index (χ0v) is 16.9. The topological polar surface area (TPSA) is 55.8 Å². The second-order valence-electron chi connectivity index (χ2n) is 8.05. The van der Waals surface area contributed by atoms with Crippen LogP contribution in [0.1, 0.15) is 45.6 Å². The van der Waals surface area contributed by atoms with Crippen LogP contribution < -0.4 is 4.74 Å². The van der Waals surface area contributed by atoms with Crippen molar-refractivity contribution in [1.82, 2.24) is 4.90 Å². The Bertz CT molecular complexity index is 763. The number of carbonyl (C=O) groups is 2. The number of methoxy groups -OCH3 is 2. The lowest BCUT2D eigenvalue weighted by Crippen LogP contribution is -2.54. The Labute approximate surface area is 161 Å². The molecular formula is C22H29NO4. The minimum atomic E-state index is -0.307. The second kappa shape index (κ2) is 7.37. The molecular weight excluding hydrogens is 342 g/mol. The van der Waals surface area contributed by atoms with Crippen LogP contribution in [0.2, 0.25) is 0 Å². The number of carbonyl (C=O) groups excluding carboxylic acids is 2. The maximum Gasteiger partial charge on any atom is 0.335 e. The Kier molecular flexibility index (Phi) is 5.31. The van der Waals surface area contributed by atoms with E-state index in [2.05, 4.69) is 13.8 Å². The molecule has 0 radical (unpaired) electrons. The van der Waals surface area contributed by atoms with Gasteiger partial charge in [0.2, 0.25) is 5.91 Å². The maximum absolute atomic E-state index is 12.9. The van der Waals surface area contributed by atoms with E-state index in [1.165, 1.54) is 7.11 Å². The van der Waals surface area contributed by atoms with Gasteiger partial charge in [-0.15, -0.1) is 0 Å². The highest BCUT2D eigenvalue weighted by Gasteiger charge is 2.56. The first-order chi connectivity index (χ1) is 12.8. The van der Waals surface area contributed by atoms with Crippen molar-refractivity contribution in [3.8, 4) is 5.75 Å². The van der Waals surface area contributed by atoms with E-state index < -0.39 is 0 Å². The van der Waals surface area contributed by atoms with Crippen LogP contribution in [-0.2, 0) is 20.9 Å². The largest absolute Gasteiger partial charge is 0.497 e. The third-order valence-corrected chi connectivity index (χ3v) is 6.39. The Balaban J connectivity index is 2.01. The summed E-state index contributed by atoms with van der Waals surface area (Å²) >= 11 is 0. The molecule has 0 spiro atoms. The predicted molar refractivity (Wildman–Crippen MR) is 103 cm³/mol. The number of rotatable bonds is 6. The van der Waals surface area contributed by atoms with E-state index in [-0.39, 0.29) is 23.2 Å². The van der Waals surface area contributed by atoms with Crippen LogP contribution in [0, 0.1) is 17.3 Å². The van der Waals surface area contributed by atoms with Gasteiger partial charge in [-0.3, -0.25) is 4.79 Å². The van der Waals surface area contributed by atoms with Gasteiger partial charge in [0.05, 0.1) is 26.3 Å². The lowest BCUT2D eigenvalue weighted by molar-refractivity contribution is -0.139. The molecule has 0 saturated heterocycles. The molecule has 3 aliphatic carbocycles. The van der Waals surface area contributed by atoms with Crippen LogP contribution in [0.3, 0.4) is 0 Å². The van der Waals surface area contributed by atoms with Crippen molar-refractivity contribution < 1.29 is 19.1 Å². The molecule has 1 saturated carbocycles. The molecule has 5 nitrogen and oxygen atoms in total.